The van der Waals surface area contributed by atoms with Gasteiger partial charge in [-0.15, -0.1) is 0 Å². The molecular formula is C34H48O2. The molecule has 4 aliphatic carbocycles. The Balaban J connectivity index is 1.29. The predicted molar refractivity (Wildman–Crippen MR) is 149 cm³/mol. The molecule has 1 aromatic rings. The van der Waals surface area contributed by atoms with Crippen molar-refractivity contribution >= 4 is 5.97 Å². The third kappa shape index (κ3) is 4.63. The van der Waals surface area contributed by atoms with Gasteiger partial charge in [0.05, 0.1) is 5.56 Å². The average Bonchev–Trinajstić information content (AvgIpc) is 3.22. The van der Waals surface area contributed by atoms with E-state index in [4.69, 9.17) is 4.74 Å². The fourth-order valence-electron chi connectivity index (χ4n) is 8.89. The minimum absolute atomic E-state index is 0.00314. The summed E-state index contributed by atoms with van der Waals surface area (Å²) in [6, 6.07) is 9.45. The van der Waals surface area contributed by atoms with Crippen LogP contribution in [0.15, 0.2) is 53.6 Å². The maximum atomic E-state index is 12.7. The van der Waals surface area contributed by atoms with Gasteiger partial charge in [0.15, 0.2) is 0 Å². The van der Waals surface area contributed by atoms with E-state index in [-0.39, 0.29) is 17.5 Å². The SMILES string of the molecule is CC(C)CCC[C@@H](C)[C@H]1CC[C@H]2C3=CC=C4CC(OC(=O)c5ccccc5)CC[C@]4(C)[C@H]3CC[C@]12C. The molecule has 0 amide bonds. The van der Waals surface area contributed by atoms with Gasteiger partial charge in [-0.25, -0.2) is 4.79 Å². The van der Waals surface area contributed by atoms with Crippen molar-refractivity contribution in [2.24, 2.45) is 40.4 Å². The van der Waals surface area contributed by atoms with Crippen LogP contribution in [-0.4, -0.2) is 12.1 Å². The number of hydrogen-bond donors (Lipinski definition) is 0. The van der Waals surface area contributed by atoms with Crippen LogP contribution in [0.25, 0.3) is 0 Å². The van der Waals surface area contributed by atoms with E-state index in [0.29, 0.717) is 16.9 Å². The van der Waals surface area contributed by atoms with E-state index in [0.717, 1.165) is 42.9 Å². The standard InChI is InChI=1S/C34H48O2/c1-23(2)10-9-11-24(3)29-16-17-30-28-15-14-26-22-27(36-32(35)25-12-7-6-8-13-25)18-20-33(26,4)31(28)19-21-34(29,30)5/h6-8,12-15,23-24,27,29-31H,9-11,16-22H2,1-5H3/t24-,27?,29-,30+,31+,33+,34-/m1/s1. The highest BCUT2D eigenvalue weighted by molar-refractivity contribution is 5.89. The van der Waals surface area contributed by atoms with Crippen molar-refractivity contribution in [3.05, 3.63) is 59.2 Å². The van der Waals surface area contributed by atoms with Gasteiger partial charge in [0.25, 0.3) is 0 Å². The molecule has 0 heterocycles. The molecule has 4 aliphatic rings. The number of esters is 1. The van der Waals surface area contributed by atoms with Crippen LogP contribution in [0.2, 0.25) is 0 Å². The smallest absolute Gasteiger partial charge is 0.338 e. The van der Waals surface area contributed by atoms with Crippen LogP contribution in [0.5, 0.6) is 0 Å². The fourth-order valence-corrected chi connectivity index (χ4v) is 8.89. The zero-order valence-electron chi connectivity index (χ0n) is 23.4. The number of allylic oxidation sites excluding steroid dienone is 3. The molecule has 0 radical (unpaired) electrons. The summed E-state index contributed by atoms with van der Waals surface area (Å²) >= 11 is 0. The van der Waals surface area contributed by atoms with Crippen molar-refractivity contribution in [2.75, 3.05) is 0 Å². The van der Waals surface area contributed by atoms with Crippen molar-refractivity contribution in [3.8, 4) is 0 Å². The van der Waals surface area contributed by atoms with Crippen molar-refractivity contribution in [1.82, 2.24) is 0 Å². The minimum atomic E-state index is -0.176. The third-order valence-corrected chi connectivity index (χ3v) is 11.0. The molecule has 0 N–H and O–H groups in total. The topological polar surface area (TPSA) is 26.3 Å². The van der Waals surface area contributed by atoms with Gasteiger partial charge >= 0.3 is 5.97 Å². The van der Waals surface area contributed by atoms with Gasteiger partial charge in [-0.3, -0.25) is 0 Å². The molecule has 0 bridgehead atoms. The lowest BCUT2D eigenvalue weighted by Gasteiger charge is -2.55. The number of rotatable bonds is 7. The zero-order chi connectivity index (χ0) is 25.5. The molecule has 5 rings (SSSR count). The molecule has 0 aliphatic heterocycles. The second-order valence-electron chi connectivity index (χ2n) is 13.5. The Kier molecular flexibility index (Phi) is 7.27. The zero-order valence-corrected chi connectivity index (χ0v) is 23.4. The van der Waals surface area contributed by atoms with E-state index in [9.17, 15) is 4.79 Å². The van der Waals surface area contributed by atoms with E-state index in [2.05, 4.69) is 46.8 Å². The molecule has 3 saturated carbocycles. The monoisotopic (exact) mass is 488 g/mol. The first-order valence-electron chi connectivity index (χ1n) is 14.9. The Hall–Kier alpha value is -1.83. The van der Waals surface area contributed by atoms with Crippen LogP contribution in [0.3, 0.4) is 0 Å². The molecule has 2 nitrogen and oxygen atoms in total. The van der Waals surface area contributed by atoms with Gasteiger partial charge in [0.1, 0.15) is 6.10 Å². The van der Waals surface area contributed by atoms with E-state index < -0.39 is 0 Å². The van der Waals surface area contributed by atoms with Gasteiger partial charge in [-0.1, -0.05) is 95.4 Å². The predicted octanol–water partition coefficient (Wildman–Crippen LogP) is 9.17. The molecule has 1 unspecified atom stereocenters. The number of carbonyl (C=O) groups is 1. The van der Waals surface area contributed by atoms with Crippen LogP contribution in [0.4, 0.5) is 0 Å². The lowest BCUT2D eigenvalue weighted by atomic mass is 9.50. The number of carbonyl (C=O) groups excluding carboxylic acids is 1. The highest BCUT2D eigenvalue weighted by Gasteiger charge is 2.57. The first-order valence-corrected chi connectivity index (χ1v) is 14.9. The van der Waals surface area contributed by atoms with Crippen LogP contribution in [0.1, 0.15) is 109 Å². The molecular weight excluding hydrogens is 440 g/mol. The molecule has 1 aromatic carbocycles. The average molecular weight is 489 g/mol. The van der Waals surface area contributed by atoms with Gasteiger partial charge in [0, 0.05) is 6.42 Å². The summed E-state index contributed by atoms with van der Waals surface area (Å²) in [5.74, 6) is 3.81. The lowest BCUT2D eigenvalue weighted by molar-refractivity contribution is 0.00572. The maximum absolute atomic E-state index is 12.7. The minimum Gasteiger partial charge on any atom is -0.458 e. The van der Waals surface area contributed by atoms with Gasteiger partial charge < -0.3 is 4.74 Å². The summed E-state index contributed by atoms with van der Waals surface area (Å²) in [5.41, 5.74) is 4.66. The lowest BCUT2D eigenvalue weighted by Crippen LogP contribution is -2.46. The van der Waals surface area contributed by atoms with Crippen molar-refractivity contribution in [3.63, 3.8) is 0 Å². The number of hydrogen-bond acceptors (Lipinski definition) is 2. The van der Waals surface area contributed by atoms with Crippen LogP contribution < -0.4 is 0 Å². The van der Waals surface area contributed by atoms with Crippen LogP contribution in [0, 0.1) is 40.4 Å². The fraction of sp³-hybridized carbons (Fsp3) is 0.676. The molecule has 196 valence electrons. The quantitative estimate of drug-likeness (QED) is 0.358. The molecule has 7 atom stereocenters. The first-order chi connectivity index (χ1) is 17.2. The van der Waals surface area contributed by atoms with Gasteiger partial charge in [0.2, 0.25) is 0 Å². The maximum Gasteiger partial charge on any atom is 0.338 e. The normalized spacial score (nSPS) is 36.3. The molecule has 36 heavy (non-hydrogen) atoms. The Bertz CT molecular complexity index is 1000. The molecule has 0 saturated heterocycles. The third-order valence-electron chi connectivity index (χ3n) is 11.0. The summed E-state index contributed by atoms with van der Waals surface area (Å²) in [4.78, 5) is 12.7. The number of fused-ring (bicyclic) bond motifs is 5. The van der Waals surface area contributed by atoms with E-state index in [1.54, 1.807) is 5.57 Å². The first kappa shape index (κ1) is 25.8. The Morgan fingerprint density at radius 1 is 0.944 bits per heavy atom. The molecule has 3 fully saturated rings. The van der Waals surface area contributed by atoms with Crippen molar-refractivity contribution in [2.45, 2.75) is 105 Å². The second kappa shape index (κ2) is 10.1. The molecule has 2 heteroatoms. The largest absolute Gasteiger partial charge is 0.458 e. The Morgan fingerprint density at radius 3 is 2.47 bits per heavy atom. The number of ether oxygens (including phenoxy) is 1. The highest BCUT2D eigenvalue weighted by atomic mass is 16.5. The highest BCUT2D eigenvalue weighted by Crippen LogP contribution is 2.66. The Labute approximate surface area is 220 Å². The van der Waals surface area contributed by atoms with E-state index in [1.807, 2.05) is 30.3 Å². The van der Waals surface area contributed by atoms with Crippen LogP contribution >= 0.6 is 0 Å². The molecule has 0 aromatic heterocycles. The summed E-state index contributed by atoms with van der Waals surface area (Å²) in [6.07, 6.45) is 17.7. The summed E-state index contributed by atoms with van der Waals surface area (Å²) in [6.45, 7) is 12.4. The second-order valence-corrected chi connectivity index (χ2v) is 13.5. The van der Waals surface area contributed by atoms with Gasteiger partial charge in [-0.05, 0) is 91.1 Å². The van der Waals surface area contributed by atoms with E-state index >= 15 is 0 Å². The van der Waals surface area contributed by atoms with Gasteiger partial charge in [-0.2, -0.15) is 0 Å². The number of benzene rings is 1. The van der Waals surface area contributed by atoms with Crippen LogP contribution in [-0.2, 0) is 4.74 Å². The Morgan fingerprint density at radius 2 is 1.72 bits per heavy atom. The molecule has 0 spiro atoms. The van der Waals surface area contributed by atoms with Crippen molar-refractivity contribution in [1.29, 1.82) is 0 Å². The van der Waals surface area contributed by atoms with E-state index in [1.165, 1.54) is 50.5 Å². The summed E-state index contributed by atoms with van der Waals surface area (Å²) in [7, 11) is 0. The summed E-state index contributed by atoms with van der Waals surface area (Å²) in [5, 5.41) is 0. The summed E-state index contributed by atoms with van der Waals surface area (Å²) < 4.78 is 5.98. The van der Waals surface area contributed by atoms with Crippen molar-refractivity contribution < 1.29 is 9.53 Å².